The molecule has 1 aromatic rings. The van der Waals surface area contributed by atoms with Crippen LogP contribution < -0.4 is 10.5 Å². The van der Waals surface area contributed by atoms with E-state index in [9.17, 15) is 5.11 Å². The molecule has 0 aromatic heterocycles. The van der Waals surface area contributed by atoms with Gasteiger partial charge in [-0.2, -0.15) is 0 Å². The SMILES string of the molecule is COc1cc(C)c(O)c(C2CC(CN)CN2C)c1. The lowest BCUT2D eigenvalue weighted by molar-refractivity contribution is 0.304. The smallest absolute Gasteiger partial charge is 0.123 e. The van der Waals surface area contributed by atoms with Crippen LogP contribution in [0.4, 0.5) is 0 Å². The predicted octanol–water partition coefficient (Wildman–Crippen LogP) is 1.66. The van der Waals surface area contributed by atoms with Gasteiger partial charge in [-0.05, 0) is 50.6 Å². The summed E-state index contributed by atoms with van der Waals surface area (Å²) in [4.78, 5) is 2.26. The van der Waals surface area contributed by atoms with Crippen molar-refractivity contribution in [3.63, 3.8) is 0 Å². The highest BCUT2D eigenvalue weighted by Gasteiger charge is 2.31. The normalized spacial score (nSPS) is 24.4. The van der Waals surface area contributed by atoms with Crippen molar-refractivity contribution in [2.75, 3.05) is 27.2 Å². The number of methoxy groups -OCH3 is 1. The Hall–Kier alpha value is -1.26. The first-order valence-electron chi connectivity index (χ1n) is 6.34. The molecule has 2 rings (SSSR count). The molecule has 1 aliphatic heterocycles. The number of rotatable bonds is 3. The molecule has 100 valence electrons. The first kappa shape index (κ1) is 13.2. The second-order valence-electron chi connectivity index (χ2n) is 5.17. The molecule has 2 unspecified atom stereocenters. The number of benzene rings is 1. The molecule has 1 heterocycles. The molecule has 4 heteroatoms. The molecule has 18 heavy (non-hydrogen) atoms. The highest BCUT2D eigenvalue weighted by molar-refractivity contribution is 5.47. The first-order chi connectivity index (χ1) is 8.56. The molecule has 0 amide bonds. The van der Waals surface area contributed by atoms with E-state index in [1.54, 1.807) is 7.11 Å². The largest absolute Gasteiger partial charge is 0.507 e. The molecule has 1 aromatic carbocycles. The summed E-state index contributed by atoms with van der Waals surface area (Å²) in [7, 11) is 3.73. The summed E-state index contributed by atoms with van der Waals surface area (Å²) >= 11 is 0. The van der Waals surface area contributed by atoms with E-state index in [2.05, 4.69) is 11.9 Å². The fraction of sp³-hybridized carbons (Fsp3) is 0.571. The van der Waals surface area contributed by atoms with Gasteiger partial charge < -0.3 is 15.6 Å². The van der Waals surface area contributed by atoms with Crippen LogP contribution in [-0.2, 0) is 0 Å². The van der Waals surface area contributed by atoms with Gasteiger partial charge in [-0.25, -0.2) is 0 Å². The number of nitrogens with zero attached hydrogens (tertiary/aromatic N) is 1. The molecule has 0 saturated carbocycles. The van der Waals surface area contributed by atoms with E-state index in [1.807, 2.05) is 19.1 Å². The highest BCUT2D eigenvalue weighted by Crippen LogP contribution is 2.40. The van der Waals surface area contributed by atoms with E-state index < -0.39 is 0 Å². The van der Waals surface area contributed by atoms with Crippen molar-refractivity contribution in [2.24, 2.45) is 11.7 Å². The quantitative estimate of drug-likeness (QED) is 0.856. The van der Waals surface area contributed by atoms with Gasteiger partial charge in [0.25, 0.3) is 0 Å². The Labute approximate surface area is 108 Å². The number of aromatic hydroxyl groups is 1. The molecule has 3 N–H and O–H groups in total. The van der Waals surface area contributed by atoms with Gasteiger partial charge in [0.05, 0.1) is 7.11 Å². The van der Waals surface area contributed by atoms with Crippen LogP contribution in [0.3, 0.4) is 0 Å². The number of ether oxygens (including phenoxy) is 1. The van der Waals surface area contributed by atoms with Crippen LogP contribution in [0.2, 0.25) is 0 Å². The summed E-state index contributed by atoms with van der Waals surface area (Å²) in [6, 6.07) is 4.02. The number of hydrogen-bond donors (Lipinski definition) is 2. The molecular formula is C14H22N2O2. The number of aryl methyl sites for hydroxylation is 1. The molecule has 4 nitrogen and oxygen atoms in total. The summed E-state index contributed by atoms with van der Waals surface area (Å²) < 4.78 is 5.28. The lowest BCUT2D eigenvalue weighted by Crippen LogP contribution is -2.20. The zero-order valence-corrected chi connectivity index (χ0v) is 11.3. The lowest BCUT2D eigenvalue weighted by atomic mass is 9.97. The van der Waals surface area contributed by atoms with Crippen molar-refractivity contribution >= 4 is 0 Å². The van der Waals surface area contributed by atoms with Crippen molar-refractivity contribution in [2.45, 2.75) is 19.4 Å². The lowest BCUT2D eigenvalue weighted by Gasteiger charge is -2.22. The molecule has 0 spiro atoms. The average molecular weight is 250 g/mol. The molecule has 1 fully saturated rings. The van der Waals surface area contributed by atoms with Crippen LogP contribution >= 0.6 is 0 Å². The van der Waals surface area contributed by atoms with E-state index in [-0.39, 0.29) is 6.04 Å². The topological polar surface area (TPSA) is 58.7 Å². The van der Waals surface area contributed by atoms with Crippen molar-refractivity contribution in [3.8, 4) is 11.5 Å². The molecule has 0 radical (unpaired) electrons. The Bertz CT molecular complexity index is 434. The molecule has 0 bridgehead atoms. The molecule has 0 aliphatic carbocycles. The van der Waals surface area contributed by atoms with Gasteiger partial charge in [0.2, 0.25) is 0 Å². The van der Waals surface area contributed by atoms with Crippen molar-refractivity contribution < 1.29 is 9.84 Å². The number of phenolic OH excluding ortho intramolecular Hbond substituents is 1. The van der Waals surface area contributed by atoms with Crippen molar-refractivity contribution in [1.29, 1.82) is 0 Å². The van der Waals surface area contributed by atoms with Crippen molar-refractivity contribution in [3.05, 3.63) is 23.3 Å². The van der Waals surface area contributed by atoms with Gasteiger partial charge >= 0.3 is 0 Å². The van der Waals surface area contributed by atoms with E-state index in [0.717, 1.165) is 29.8 Å². The van der Waals surface area contributed by atoms with Crippen LogP contribution in [0.1, 0.15) is 23.6 Å². The summed E-state index contributed by atoms with van der Waals surface area (Å²) in [6.45, 7) is 3.58. The number of phenols is 1. The van der Waals surface area contributed by atoms with Crippen LogP contribution in [0, 0.1) is 12.8 Å². The summed E-state index contributed by atoms with van der Waals surface area (Å²) in [5, 5.41) is 10.2. The summed E-state index contributed by atoms with van der Waals surface area (Å²) in [5.41, 5.74) is 7.55. The summed E-state index contributed by atoms with van der Waals surface area (Å²) in [5.74, 6) is 1.68. The van der Waals surface area contributed by atoms with E-state index in [1.165, 1.54) is 0 Å². The minimum Gasteiger partial charge on any atom is -0.507 e. The molecule has 1 aliphatic rings. The minimum absolute atomic E-state index is 0.229. The van der Waals surface area contributed by atoms with Crippen LogP contribution in [0.15, 0.2) is 12.1 Å². The van der Waals surface area contributed by atoms with E-state index in [4.69, 9.17) is 10.5 Å². The standard InChI is InChI=1S/C14H22N2O2/c1-9-4-11(18-3)6-12(14(9)17)13-5-10(7-15)8-16(13)2/h4,6,10,13,17H,5,7-8,15H2,1-3H3. The third-order valence-electron chi connectivity index (χ3n) is 3.87. The number of nitrogens with two attached hydrogens (primary N) is 1. The summed E-state index contributed by atoms with van der Waals surface area (Å²) in [6.07, 6.45) is 0.993. The minimum atomic E-state index is 0.229. The number of likely N-dealkylation sites (tertiary alicyclic amines) is 1. The molecule has 2 atom stereocenters. The van der Waals surface area contributed by atoms with E-state index >= 15 is 0 Å². The maximum absolute atomic E-state index is 10.2. The average Bonchev–Trinajstić information content (AvgIpc) is 2.74. The maximum atomic E-state index is 10.2. The third-order valence-corrected chi connectivity index (χ3v) is 3.87. The van der Waals surface area contributed by atoms with Crippen LogP contribution in [0.25, 0.3) is 0 Å². The molecule has 1 saturated heterocycles. The second kappa shape index (κ2) is 5.16. The highest BCUT2D eigenvalue weighted by atomic mass is 16.5. The third kappa shape index (κ3) is 2.31. The first-order valence-corrected chi connectivity index (χ1v) is 6.34. The fourth-order valence-corrected chi connectivity index (χ4v) is 2.78. The zero-order valence-electron chi connectivity index (χ0n) is 11.3. The van der Waals surface area contributed by atoms with Crippen LogP contribution in [0.5, 0.6) is 11.5 Å². The van der Waals surface area contributed by atoms with Gasteiger partial charge in [-0.3, -0.25) is 4.90 Å². The van der Waals surface area contributed by atoms with Gasteiger partial charge in [0, 0.05) is 18.2 Å². The Morgan fingerprint density at radius 3 is 2.78 bits per heavy atom. The maximum Gasteiger partial charge on any atom is 0.123 e. The predicted molar refractivity (Wildman–Crippen MR) is 71.9 cm³/mol. The Kier molecular flexibility index (Phi) is 3.78. The Morgan fingerprint density at radius 1 is 1.50 bits per heavy atom. The van der Waals surface area contributed by atoms with Gasteiger partial charge in [-0.15, -0.1) is 0 Å². The fourth-order valence-electron chi connectivity index (χ4n) is 2.78. The van der Waals surface area contributed by atoms with E-state index in [0.29, 0.717) is 18.2 Å². The molecular weight excluding hydrogens is 228 g/mol. The zero-order chi connectivity index (χ0) is 13.3. The number of hydrogen-bond acceptors (Lipinski definition) is 4. The monoisotopic (exact) mass is 250 g/mol. The van der Waals surface area contributed by atoms with Gasteiger partial charge in [0.15, 0.2) is 0 Å². The van der Waals surface area contributed by atoms with Gasteiger partial charge in [0.1, 0.15) is 11.5 Å². The van der Waals surface area contributed by atoms with Gasteiger partial charge in [-0.1, -0.05) is 0 Å². The van der Waals surface area contributed by atoms with Crippen molar-refractivity contribution in [1.82, 2.24) is 4.90 Å². The second-order valence-corrected chi connectivity index (χ2v) is 5.17. The Balaban J connectivity index is 2.35. The Morgan fingerprint density at radius 2 is 2.22 bits per heavy atom. The van der Waals surface area contributed by atoms with Crippen LogP contribution in [-0.4, -0.2) is 37.3 Å².